The summed E-state index contributed by atoms with van der Waals surface area (Å²) in [6, 6.07) is 1.16. The molecule has 1 aromatic heterocycles. The first-order valence-corrected chi connectivity index (χ1v) is 8.05. The number of H-pyrrole nitrogens is 1. The van der Waals surface area contributed by atoms with Crippen LogP contribution in [0.5, 0.6) is 0 Å². The number of rotatable bonds is 5. The first-order chi connectivity index (χ1) is 12.0. The number of carbonyl (C=O) groups excluding carboxylic acids is 1. The molecule has 1 aliphatic heterocycles. The van der Waals surface area contributed by atoms with E-state index in [9.17, 15) is 18.0 Å². The molecule has 0 bridgehead atoms. The number of ether oxygens (including phenoxy) is 1. The number of nitrogens with one attached hydrogen (secondary N) is 2. The Morgan fingerprint density at radius 2 is 2.08 bits per heavy atom. The van der Waals surface area contributed by atoms with Gasteiger partial charge in [-0.05, 0) is 18.9 Å². The Labute approximate surface area is 142 Å². The van der Waals surface area contributed by atoms with Crippen LogP contribution in [0.4, 0.5) is 13.2 Å². The van der Waals surface area contributed by atoms with Gasteiger partial charge in [-0.25, -0.2) is 13.2 Å². The van der Waals surface area contributed by atoms with E-state index in [0.717, 1.165) is 18.4 Å². The van der Waals surface area contributed by atoms with Gasteiger partial charge >= 0.3 is 0 Å². The summed E-state index contributed by atoms with van der Waals surface area (Å²) in [6.07, 6.45) is 4.66. The second kappa shape index (κ2) is 7.69. The van der Waals surface area contributed by atoms with Gasteiger partial charge in [-0.3, -0.25) is 9.89 Å². The molecule has 3 rings (SSSR count). The van der Waals surface area contributed by atoms with E-state index in [4.69, 9.17) is 4.74 Å². The average Bonchev–Trinajstić information content (AvgIpc) is 3.12. The molecule has 2 aromatic rings. The molecular formula is C17H18F3N3O2. The number of halogens is 3. The molecule has 8 heteroatoms. The molecule has 1 amide bonds. The summed E-state index contributed by atoms with van der Waals surface area (Å²) in [5.74, 6) is -3.79. The lowest BCUT2D eigenvalue weighted by atomic mass is 9.91. The van der Waals surface area contributed by atoms with Crippen LogP contribution in [-0.2, 0) is 16.0 Å². The Hall–Kier alpha value is -2.35. The fraction of sp³-hybridized carbons (Fsp3) is 0.412. The molecule has 134 valence electrons. The van der Waals surface area contributed by atoms with Crippen LogP contribution in [0.3, 0.4) is 0 Å². The Morgan fingerprint density at radius 1 is 1.28 bits per heavy atom. The summed E-state index contributed by atoms with van der Waals surface area (Å²) in [4.78, 5) is 12.0. The fourth-order valence-electron chi connectivity index (χ4n) is 3.02. The van der Waals surface area contributed by atoms with Crippen LogP contribution in [0.15, 0.2) is 24.5 Å². The number of carbonyl (C=O) groups is 1. The summed E-state index contributed by atoms with van der Waals surface area (Å²) in [6.45, 7) is 0.986. The Morgan fingerprint density at radius 3 is 2.84 bits per heavy atom. The van der Waals surface area contributed by atoms with Crippen LogP contribution in [0.2, 0.25) is 0 Å². The lowest BCUT2D eigenvalue weighted by Crippen LogP contribution is -2.35. The maximum absolute atomic E-state index is 13.6. The number of benzene rings is 1. The monoisotopic (exact) mass is 353 g/mol. The van der Waals surface area contributed by atoms with Crippen LogP contribution < -0.4 is 5.32 Å². The van der Waals surface area contributed by atoms with Gasteiger partial charge in [0.15, 0.2) is 11.6 Å². The first kappa shape index (κ1) is 17.5. The highest BCUT2D eigenvalue weighted by molar-refractivity contribution is 5.78. The molecular weight excluding hydrogens is 335 g/mol. The number of aromatic amines is 1. The summed E-state index contributed by atoms with van der Waals surface area (Å²) in [7, 11) is 0. The third-order valence-corrected chi connectivity index (χ3v) is 4.29. The smallest absolute Gasteiger partial charge is 0.224 e. The van der Waals surface area contributed by atoms with Gasteiger partial charge < -0.3 is 10.1 Å². The lowest BCUT2D eigenvalue weighted by molar-refractivity contribution is -0.121. The zero-order valence-electron chi connectivity index (χ0n) is 13.4. The van der Waals surface area contributed by atoms with E-state index < -0.39 is 23.4 Å². The molecule has 1 saturated heterocycles. The Balaban J connectivity index is 1.59. The van der Waals surface area contributed by atoms with E-state index in [2.05, 4.69) is 15.5 Å². The number of amides is 1. The van der Waals surface area contributed by atoms with Crippen LogP contribution in [0.25, 0.3) is 0 Å². The predicted octanol–water partition coefficient (Wildman–Crippen LogP) is 2.65. The van der Waals surface area contributed by atoms with Crippen LogP contribution in [0, 0.1) is 23.4 Å². The molecule has 0 saturated carbocycles. The predicted molar refractivity (Wildman–Crippen MR) is 83.0 cm³/mol. The standard InChI is InChI=1S/C17H18F3N3O2/c18-13-6-15(20)14(19)4-11(13)5-16(24)21-7-10-2-1-3-25-17(10)12-8-22-23-9-12/h4,6,8-10,17H,1-3,5,7H2,(H,21,24)(H,22,23)/t10-,17+/m0/s1. The molecule has 2 N–H and O–H groups in total. The highest BCUT2D eigenvalue weighted by Crippen LogP contribution is 2.32. The minimum Gasteiger partial charge on any atom is -0.373 e. The van der Waals surface area contributed by atoms with Crippen molar-refractivity contribution < 1.29 is 22.7 Å². The lowest BCUT2D eigenvalue weighted by Gasteiger charge is -2.31. The van der Waals surface area contributed by atoms with E-state index in [-0.39, 0.29) is 24.0 Å². The first-order valence-electron chi connectivity index (χ1n) is 8.05. The van der Waals surface area contributed by atoms with Crippen molar-refractivity contribution >= 4 is 5.91 Å². The third-order valence-electron chi connectivity index (χ3n) is 4.29. The Bertz CT molecular complexity index is 737. The van der Waals surface area contributed by atoms with Crippen molar-refractivity contribution in [3.8, 4) is 0 Å². The molecule has 5 nitrogen and oxygen atoms in total. The van der Waals surface area contributed by atoms with Crippen LogP contribution in [0.1, 0.15) is 30.1 Å². The number of aromatic nitrogens is 2. The molecule has 2 heterocycles. The molecule has 0 aliphatic carbocycles. The van der Waals surface area contributed by atoms with Gasteiger partial charge in [0.05, 0.1) is 18.7 Å². The summed E-state index contributed by atoms with van der Waals surface area (Å²) < 4.78 is 45.5. The zero-order valence-corrected chi connectivity index (χ0v) is 13.4. The summed E-state index contributed by atoms with van der Waals surface area (Å²) in [5.41, 5.74) is 0.730. The van der Waals surface area contributed by atoms with Gasteiger partial charge in [0.2, 0.25) is 5.91 Å². The average molecular weight is 353 g/mol. The van der Waals surface area contributed by atoms with E-state index >= 15 is 0 Å². The minimum absolute atomic E-state index is 0.0603. The molecule has 0 unspecified atom stereocenters. The van der Waals surface area contributed by atoms with Crippen molar-refractivity contribution in [1.82, 2.24) is 15.5 Å². The normalized spacial score (nSPS) is 20.4. The van der Waals surface area contributed by atoms with Crippen molar-refractivity contribution in [2.24, 2.45) is 5.92 Å². The molecule has 1 fully saturated rings. The van der Waals surface area contributed by atoms with Crippen molar-refractivity contribution in [2.45, 2.75) is 25.4 Å². The number of nitrogens with zero attached hydrogens (tertiary/aromatic N) is 1. The number of hydrogen-bond acceptors (Lipinski definition) is 3. The van der Waals surface area contributed by atoms with Crippen LogP contribution >= 0.6 is 0 Å². The molecule has 0 radical (unpaired) electrons. The summed E-state index contributed by atoms with van der Waals surface area (Å²) in [5, 5.41) is 9.37. The van der Waals surface area contributed by atoms with Crippen molar-refractivity contribution in [2.75, 3.05) is 13.2 Å². The zero-order chi connectivity index (χ0) is 17.8. The van der Waals surface area contributed by atoms with Gasteiger partial charge in [0, 0.05) is 42.5 Å². The van der Waals surface area contributed by atoms with E-state index in [1.807, 2.05) is 0 Å². The second-order valence-electron chi connectivity index (χ2n) is 6.06. The number of hydrogen-bond donors (Lipinski definition) is 2. The highest BCUT2D eigenvalue weighted by Gasteiger charge is 2.28. The van der Waals surface area contributed by atoms with E-state index in [1.165, 1.54) is 0 Å². The molecule has 0 spiro atoms. The highest BCUT2D eigenvalue weighted by atomic mass is 19.2. The van der Waals surface area contributed by atoms with Gasteiger partial charge in [0.1, 0.15) is 5.82 Å². The van der Waals surface area contributed by atoms with Crippen molar-refractivity contribution in [1.29, 1.82) is 0 Å². The van der Waals surface area contributed by atoms with Gasteiger partial charge in [-0.1, -0.05) is 0 Å². The van der Waals surface area contributed by atoms with Crippen molar-refractivity contribution in [3.05, 3.63) is 53.1 Å². The van der Waals surface area contributed by atoms with Gasteiger partial charge in [0.25, 0.3) is 0 Å². The summed E-state index contributed by atoms with van der Waals surface area (Å²) >= 11 is 0. The van der Waals surface area contributed by atoms with Crippen LogP contribution in [-0.4, -0.2) is 29.3 Å². The van der Waals surface area contributed by atoms with Crippen molar-refractivity contribution in [3.63, 3.8) is 0 Å². The second-order valence-corrected chi connectivity index (χ2v) is 6.06. The molecule has 1 aromatic carbocycles. The van der Waals surface area contributed by atoms with Gasteiger partial charge in [-0.2, -0.15) is 5.10 Å². The molecule has 2 atom stereocenters. The van der Waals surface area contributed by atoms with E-state index in [1.54, 1.807) is 12.4 Å². The fourth-order valence-corrected chi connectivity index (χ4v) is 3.02. The topological polar surface area (TPSA) is 67.0 Å². The molecule has 1 aliphatic rings. The molecule has 25 heavy (non-hydrogen) atoms. The quantitative estimate of drug-likeness (QED) is 0.812. The third kappa shape index (κ3) is 4.19. The van der Waals surface area contributed by atoms with E-state index in [0.29, 0.717) is 25.3 Å². The Kier molecular flexibility index (Phi) is 5.37. The van der Waals surface area contributed by atoms with Gasteiger partial charge in [-0.15, -0.1) is 0 Å². The maximum atomic E-state index is 13.6. The largest absolute Gasteiger partial charge is 0.373 e. The minimum atomic E-state index is -1.27. The maximum Gasteiger partial charge on any atom is 0.224 e. The SMILES string of the molecule is O=C(Cc1cc(F)c(F)cc1F)NC[C@@H]1CCCO[C@H]1c1cn[nH]c1.